The van der Waals surface area contributed by atoms with Gasteiger partial charge in [0.25, 0.3) is 0 Å². The van der Waals surface area contributed by atoms with E-state index in [0.717, 1.165) is 18.7 Å². The van der Waals surface area contributed by atoms with Crippen LogP contribution in [0.5, 0.6) is 0 Å². The highest BCUT2D eigenvalue weighted by atomic mass is 16.5. The molecule has 0 spiro atoms. The molecule has 0 aliphatic heterocycles. The van der Waals surface area contributed by atoms with Crippen LogP contribution in [0.4, 0.5) is 22.2 Å². The first-order valence-electron chi connectivity index (χ1n) is 11.2. The molecule has 0 aliphatic rings. The number of hydrogen-bond donors (Lipinski definition) is 4. The number of rotatable bonds is 7. The Kier molecular flexibility index (Phi) is 8.22. The number of carbonyl (C=O) groups is 1. The van der Waals surface area contributed by atoms with Crippen LogP contribution in [0.25, 0.3) is 0 Å². The fourth-order valence-corrected chi connectivity index (χ4v) is 2.80. The van der Waals surface area contributed by atoms with Crippen molar-refractivity contribution in [3.8, 4) is 11.8 Å². The van der Waals surface area contributed by atoms with Crippen LogP contribution >= 0.6 is 0 Å². The normalized spacial score (nSPS) is 11.0. The largest absolute Gasteiger partial charge is 0.359 e. The van der Waals surface area contributed by atoms with Gasteiger partial charge in [-0.15, -0.1) is 0 Å². The predicted molar refractivity (Wildman–Crippen MR) is 134 cm³/mol. The van der Waals surface area contributed by atoms with Crippen molar-refractivity contribution in [1.29, 1.82) is 0 Å². The van der Waals surface area contributed by atoms with Crippen molar-refractivity contribution in [1.82, 2.24) is 20.4 Å². The quantitative estimate of drug-likeness (QED) is 0.307. The number of amides is 2. The molecule has 0 atom stereocenters. The van der Waals surface area contributed by atoms with E-state index in [1.807, 2.05) is 32.9 Å². The van der Waals surface area contributed by atoms with Gasteiger partial charge in [-0.2, -0.15) is 0 Å². The molecule has 3 rings (SSSR count). The van der Waals surface area contributed by atoms with Gasteiger partial charge < -0.3 is 20.5 Å². The van der Waals surface area contributed by atoms with E-state index in [0.29, 0.717) is 34.8 Å². The van der Waals surface area contributed by atoms with E-state index >= 15 is 0 Å². The first kappa shape index (κ1) is 24.7. The molecule has 34 heavy (non-hydrogen) atoms. The lowest BCUT2D eigenvalue weighted by molar-refractivity contribution is 0.262. The van der Waals surface area contributed by atoms with E-state index in [2.05, 4.69) is 62.1 Å². The van der Waals surface area contributed by atoms with Crippen LogP contribution in [-0.4, -0.2) is 40.3 Å². The van der Waals surface area contributed by atoms with Crippen molar-refractivity contribution in [3.05, 3.63) is 59.6 Å². The number of hydrogen-bond acceptors (Lipinski definition) is 7. The van der Waals surface area contributed by atoms with Gasteiger partial charge in [-0.25, -0.2) is 14.8 Å². The Bertz CT molecular complexity index is 1150. The van der Waals surface area contributed by atoms with Crippen LogP contribution in [0.3, 0.4) is 0 Å². The summed E-state index contributed by atoms with van der Waals surface area (Å²) in [5.41, 5.74) is 1.86. The Balaban J connectivity index is 1.54. The number of nitrogens with zero attached hydrogens (tertiary/aromatic N) is 3. The zero-order valence-electron chi connectivity index (χ0n) is 20.2. The van der Waals surface area contributed by atoms with Gasteiger partial charge in [-0.1, -0.05) is 57.7 Å². The number of nitrogens with one attached hydrogen (secondary N) is 4. The van der Waals surface area contributed by atoms with E-state index in [-0.39, 0.29) is 5.41 Å². The molecule has 178 valence electrons. The summed E-state index contributed by atoms with van der Waals surface area (Å²) >= 11 is 0. The van der Waals surface area contributed by atoms with Gasteiger partial charge in [0.2, 0.25) is 5.95 Å². The minimum Gasteiger partial charge on any atom is -0.359 e. The van der Waals surface area contributed by atoms with E-state index in [4.69, 9.17) is 4.52 Å². The van der Waals surface area contributed by atoms with Crippen molar-refractivity contribution in [2.24, 2.45) is 0 Å². The third-order valence-corrected chi connectivity index (χ3v) is 4.58. The summed E-state index contributed by atoms with van der Waals surface area (Å²) in [6.07, 6.45) is 3.36. The molecule has 4 N–H and O–H groups in total. The van der Waals surface area contributed by atoms with Gasteiger partial charge in [0.05, 0.1) is 5.56 Å². The molecule has 9 nitrogen and oxygen atoms in total. The van der Waals surface area contributed by atoms with Crippen molar-refractivity contribution in [3.63, 3.8) is 0 Å². The van der Waals surface area contributed by atoms with Gasteiger partial charge in [0, 0.05) is 54.3 Å². The summed E-state index contributed by atoms with van der Waals surface area (Å²) in [5.74, 6) is 7.72. The van der Waals surface area contributed by atoms with Crippen LogP contribution < -0.4 is 21.3 Å². The van der Waals surface area contributed by atoms with E-state index in [1.165, 1.54) is 0 Å². The van der Waals surface area contributed by atoms with Crippen molar-refractivity contribution in [2.45, 2.75) is 46.1 Å². The zero-order chi connectivity index (χ0) is 24.6. The first-order valence-corrected chi connectivity index (χ1v) is 11.2. The van der Waals surface area contributed by atoms with Gasteiger partial charge in [-0.05, 0) is 18.2 Å². The second-order valence-corrected chi connectivity index (χ2v) is 9.07. The third kappa shape index (κ3) is 7.90. The van der Waals surface area contributed by atoms with Gasteiger partial charge in [0.1, 0.15) is 5.76 Å². The Hall–Kier alpha value is -3.90. The molecule has 0 bridgehead atoms. The molecular weight excluding hydrogens is 430 g/mol. The highest BCUT2D eigenvalue weighted by molar-refractivity contribution is 5.99. The summed E-state index contributed by atoms with van der Waals surface area (Å²) in [5, 5.41) is 15.8. The molecule has 1 aromatic carbocycles. The highest BCUT2D eigenvalue weighted by Gasteiger charge is 2.20. The highest BCUT2D eigenvalue weighted by Crippen LogP contribution is 2.24. The van der Waals surface area contributed by atoms with Gasteiger partial charge in [0.15, 0.2) is 5.82 Å². The van der Waals surface area contributed by atoms with Gasteiger partial charge in [-0.3, -0.25) is 5.32 Å². The maximum Gasteiger partial charge on any atom is 0.324 e. The van der Waals surface area contributed by atoms with Gasteiger partial charge >= 0.3 is 6.03 Å². The number of anilines is 3. The average Bonchev–Trinajstić information content (AvgIpc) is 3.25. The smallest absolute Gasteiger partial charge is 0.324 e. The summed E-state index contributed by atoms with van der Waals surface area (Å²) in [6.45, 7) is 11.8. The molecule has 0 saturated heterocycles. The second kappa shape index (κ2) is 11.3. The van der Waals surface area contributed by atoms with Crippen molar-refractivity contribution in [2.75, 3.05) is 29.0 Å². The lowest BCUT2D eigenvalue weighted by Gasteiger charge is -2.12. The lowest BCUT2D eigenvalue weighted by Crippen LogP contribution is -2.28. The molecule has 2 heterocycles. The average molecular weight is 462 g/mol. The second-order valence-electron chi connectivity index (χ2n) is 9.07. The lowest BCUT2D eigenvalue weighted by atomic mass is 9.93. The maximum atomic E-state index is 12.3. The molecule has 9 heteroatoms. The fraction of sp³-hybridized carbons (Fsp3) is 0.360. The number of benzene rings is 1. The van der Waals surface area contributed by atoms with E-state index in [1.54, 1.807) is 30.6 Å². The standard InChI is InChI=1S/C25H31N7O2/c1-17(2)26-11-12-27-23-28-15-19(16-29-23)10-9-18-7-6-8-20(13-18)30-24(33)31-22-14-21(34-32-22)25(3,4)5/h6-8,13-17,26H,11-12H2,1-5H3,(H,27,28,29)(H2,30,31,32,33). The van der Waals surface area contributed by atoms with Crippen molar-refractivity contribution < 1.29 is 9.32 Å². The summed E-state index contributed by atoms with van der Waals surface area (Å²) < 4.78 is 5.29. The molecule has 0 unspecified atom stereocenters. The van der Waals surface area contributed by atoms with Crippen molar-refractivity contribution >= 4 is 23.5 Å². The topological polar surface area (TPSA) is 117 Å². The molecule has 2 amide bonds. The minimum absolute atomic E-state index is 0.191. The Morgan fingerprint density at radius 3 is 2.44 bits per heavy atom. The maximum absolute atomic E-state index is 12.3. The molecule has 0 saturated carbocycles. The van der Waals surface area contributed by atoms with Crippen LogP contribution in [-0.2, 0) is 5.41 Å². The monoisotopic (exact) mass is 461 g/mol. The molecular formula is C25H31N7O2. The van der Waals surface area contributed by atoms with E-state index < -0.39 is 6.03 Å². The Morgan fingerprint density at radius 2 is 1.76 bits per heavy atom. The summed E-state index contributed by atoms with van der Waals surface area (Å²) in [4.78, 5) is 20.9. The minimum atomic E-state index is -0.418. The van der Waals surface area contributed by atoms with Crippen LogP contribution in [0.1, 0.15) is 51.5 Å². The number of urea groups is 1. The zero-order valence-corrected chi connectivity index (χ0v) is 20.2. The molecule has 0 aliphatic carbocycles. The fourth-order valence-electron chi connectivity index (χ4n) is 2.80. The summed E-state index contributed by atoms with van der Waals surface area (Å²) in [6, 6.07) is 8.99. The molecule has 0 fully saturated rings. The predicted octanol–water partition coefficient (Wildman–Crippen LogP) is 4.22. The molecule has 3 aromatic rings. The Morgan fingerprint density at radius 1 is 1.03 bits per heavy atom. The van der Waals surface area contributed by atoms with Crippen LogP contribution in [0.15, 0.2) is 47.2 Å². The Labute approximate surface area is 200 Å². The molecule has 2 aromatic heterocycles. The third-order valence-electron chi connectivity index (χ3n) is 4.58. The first-order chi connectivity index (χ1) is 16.2. The van der Waals surface area contributed by atoms with Crippen LogP contribution in [0.2, 0.25) is 0 Å². The SMILES string of the molecule is CC(C)NCCNc1ncc(C#Cc2cccc(NC(=O)Nc3cc(C(C)(C)C)on3)c2)cn1. The number of carbonyl (C=O) groups excluding carboxylic acids is 1. The van der Waals surface area contributed by atoms with Crippen LogP contribution in [0, 0.1) is 11.8 Å². The molecule has 0 radical (unpaired) electrons. The summed E-state index contributed by atoms with van der Waals surface area (Å²) in [7, 11) is 0. The number of aromatic nitrogens is 3. The van der Waals surface area contributed by atoms with E-state index in [9.17, 15) is 4.79 Å².